The molecule has 0 aliphatic heterocycles. The second-order valence-electron chi connectivity index (χ2n) is 7.06. The molecule has 1 atom stereocenters. The first-order valence-electron chi connectivity index (χ1n) is 10.4. The number of carbonyl (C=O) groups excluding carboxylic acids is 2. The van der Waals surface area contributed by atoms with Gasteiger partial charge in [0.1, 0.15) is 12.6 Å². The Labute approximate surface area is 182 Å². The van der Waals surface area contributed by atoms with Crippen molar-refractivity contribution >= 4 is 23.9 Å². The van der Waals surface area contributed by atoms with Crippen LogP contribution in [0.5, 0.6) is 0 Å². The van der Waals surface area contributed by atoms with E-state index in [0.717, 1.165) is 12.0 Å². The summed E-state index contributed by atoms with van der Waals surface area (Å²) in [7, 11) is 0. The molecular formula is C21H33N5O5. The van der Waals surface area contributed by atoms with Gasteiger partial charge in [-0.1, -0.05) is 36.8 Å². The largest absolute Gasteiger partial charge is 0.480 e. The predicted octanol–water partition coefficient (Wildman–Crippen LogP) is 1.49. The van der Waals surface area contributed by atoms with Crippen LogP contribution < -0.4 is 22.1 Å². The first-order chi connectivity index (χ1) is 14.9. The summed E-state index contributed by atoms with van der Waals surface area (Å²) in [5, 5.41) is 14.5. The molecule has 172 valence electrons. The number of aliphatic imine (C=N–C) groups is 1. The van der Waals surface area contributed by atoms with Crippen LogP contribution in [-0.2, 0) is 20.9 Å². The lowest BCUT2D eigenvalue weighted by Gasteiger charge is -2.14. The van der Waals surface area contributed by atoms with E-state index in [1.807, 2.05) is 30.3 Å². The average molecular weight is 436 g/mol. The Bertz CT molecular complexity index is 707. The Morgan fingerprint density at radius 1 is 1.03 bits per heavy atom. The number of ether oxygens (including phenoxy) is 1. The number of hydrogen-bond acceptors (Lipinski definition) is 5. The van der Waals surface area contributed by atoms with Gasteiger partial charge in [0.15, 0.2) is 5.96 Å². The van der Waals surface area contributed by atoms with Gasteiger partial charge in [-0.05, 0) is 37.7 Å². The third-order valence-electron chi connectivity index (χ3n) is 4.39. The fraction of sp³-hybridized carbons (Fsp3) is 0.524. The van der Waals surface area contributed by atoms with Crippen LogP contribution in [0.3, 0.4) is 0 Å². The lowest BCUT2D eigenvalue weighted by atomic mass is 10.1. The molecule has 0 saturated carbocycles. The number of carboxylic acid groups (broad SMARTS) is 1. The van der Waals surface area contributed by atoms with Crippen LogP contribution in [0.15, 0.2) is 35.3 Å². The van der Waals surface area contributed by atoms with E-state index < -0.39 is 18.1 Å². The zero-order valence-corrected chi connectivity index (χ0v) is 17.7. The normalized spacial score (nSPS) is 11.2. The molecule has 0 bridgehead atoms. The fourth-order valence-corrected chi connectivity index (χ4v) is 2.74. The van der Waals surface area contributed by atoms with Crippen molar-refractivity contribution in [3.05, 3.63) is 35.9 Å². The van der Waals surface area contributed by atoms with E-state index in [0.29, 0.717) is 45.2 Å². The standard InChI is InChI=1S/C21H33N5O5/c22-20(23)24-13-8-6-11-17(19(28)29)26-18(27)12-5-2-7-14-25-21(30)31-15-16-9-3-1-4-10-16/h1,3-4,9-10,17H,2,5-8,11-15H2,(H,25,30)(H,26,27)(H,28,29)(H4,22,23,24). The zero-order valence-electron chi connectivity index (χ0n) is 17.7. The van der Waals surface area contributed by atoms with Gasteiger partial charge in [0, 0.05) is 19.5 Å². The molecule has 0 saturated heterocycles. The summed E-state index contributed by atoms with van der Waals surface area (Å²) >= 11 is 0. The summed E-state index contributed by atoms with van der Waals surface area (Å²) < 4.78 is 5.11. The maximum Gasteiger partial charge on any atom is 0.407 e. The molecule has 7 N–H and O–H groups in total. The fourth-order valence-electron chi connectivity index (χ4n) is 2.74. The predicted molar refractivity (Wildman–Crippen MR) is 117 cm³/mol. The summed E-state index contributed by atoms with van der Waals surface area (Å²) in [5.74, 6) is -1.36. The smallest absolute Gasteiger partial charge is 0.407 e. The van der Waals surface area contributed by atoms with Crippen LogP contribution in [0.1, 0.15) is 50.5 Å². The second-order valence-corrected chi connectivity index (χ2v) is 7.06. The third kappa shape index (κ3) is 13.5. The highest BCUT2D eigenvalue weighted by atomic mass is 16.5. The highest BCUT2D eigenvalue weighted by Crippen LogP contribution is 2.05. The first kappa shape index (κ1) is 25.7. The molecule has 1 unspecified atom stereocenters. The third-order valence-corrected chi connectivity index (χ3v) is 4.39. The molecule has 0 aromatic heterocycles. The average Bonchev–Trinajstić information content (AvgIpc) is 2.74. The lowest BCUT2D eigenvalue weighted by molar-refractivity contribution is -0.142. The number of amides is 2. The number of guanidine groups is 1. The van der Waals surface area contributed by atoms with E-state index in [4.69, 9.17) is 16.2 Å². The summed E-state index contributed by atoms with van der Waals surface area (Å²) in [5.41, 5.74) is 11.4. The maximum atomic E-state index is 12.0. The summed E-state index contributed by atoms with van der Waals surface area (Å²) in [6, 6.07) is 8.47. The Balaban J connectivity index is 2.09. The van der Waals surface area contributed by atoms with Crippen molar-refractivity contribution < 1.29 is 24.2 Å². The molecule has 1 aromatic rings. The van der Waals surface area contributed by atoms with E-state index in [9.17, 15) is 19.5 Å². The molecule has 10 heteroatoms. The number of aliphatic carboxylic acids is 1. The molecule has 31 heavy (non-hydrogen) atoms. The van der Waals surface area contributed by atoms with Gasteiger partial charge in [-0.2, -0.15) is 0 Å². The molecule has 0 aliphatic carbocycles. The number of carbonyl (C=O) groups is 3. The first-order valence-corrected chi connectivity index (χ1v) is 10.4. The topological polar surface area (TPSA) is 169 Å². The number of carboxylic acids is 1. The van der Waals surface area contributed by atoms with Gasteiger partial charge in [0.05, 0.1) is 0 Å². The van der Waals surface area contributed by atoms with E-state index in [2.05, 4.69) is 15.6 Å². The molecule has 0 spiro atoms. The number of alkyl carbamates (subject to hydrolysis) is 1. The quantitative estimate of drug-likeness (QED) is 0.158. The molecule has 0 aliphatic rings. The number of benzene rings is 1. The monoisotopic (exact) mass is 435 g/mol. The Hall–Kier alpha value is -3.30. The van der Waals surface area contributed by atoms with Crippen molar-refractivity contribution in [2.24, 2.45) is 16.5 Å². The Kier molecular flexibility index (Phi) is 12.9. The van der Waals surface area contributed by atoms with Crippen LogP contribution in [0.2, 0.25) is 0 Å². The minimum absolute atomic E-state index is 0.00219. The van der Waals surface area contributed by atoms with E-state index in [1.165, 1.54) is 0 Å². The maximum absolute atomic E-state index is 12.0. The number of rotatable bonds is 15. The molecule has 1 aromatic carbocycles. The number of unbranched alkanes of at least 4 members (excludes halogenated alkanes) is 3. The lowest BCUT2D eigenvalue weighted by Crippen LogP contribution is -2.40. The van der Waals surface area contributed by atoms with Gasteiger partial charge < -0.3 is 31.9 Å². The minimum Gasteiger partial charge on any atom is -0.480 e. The van der Waals surface area contributed by atoms with Crippen LogP contribution >= 0.6 is 0 Å². The van der Waals surface area contributed by atoms with Crippen LogP contribution in [0, 0.1) is 0 Å². The summed E-state index contributed by atoms with van der Waals surface area (Å²) in [4.78, 5) is 38.7. The summed E-state index contributed by atoms with van der Waals surface area (Å²) in [6.07, 6.45) is 3.31. The molecule has 10 nitrogen and oxygen atoms in total. The zero-order chi connectivity index (χ0) is 22.9. The van der Waals surface area contributed by atoms with Crippen LogP contribution in [0.4, 0.5) is 4.79 Å². The van der Waals surface area contributed by atoms with Crippen LogP contribution in [-0.4, -0.2) is 48.2 Å². The number of nitrogens with one attached hydrogen (secondary N) is 2. The van der Waals surface area contributed by atoms with E-state index in [1.54, 1.807) is 0 Å². The molecule has 0 radical (unpaired) electrons. The van der Waals surface area contributed by atoms with Gasteiger partial charge in [0.2, 0.25) is 5.91 Å². The van der Waals surface area contributed by atoms with Gasteiger partial charge >= 0.3 is 12.1 Å². The number of nitrogens with two attached hydrogens (primary N) is 2. The van der Waals surface area contributed by atoms with Gasteiger partial charge in [-0.3, -0.25) is 9.79 Å². The summed E-state index contributed by atoms with van der Waals surface area (Å²) in [6.45, 7) is 1.09. The number of hydrogen-bond donors (Lipinski definition) is 5. The molecule has 2 amide bonds. The van der Waals surface area contributed by atoms with Crippen molar-refractivity contribution in [3.8, 4) is 0 Å². The highest BCUT2D eigenvalue weighted by Gasteiger charge is 2.19. The van der Waals surface area contributed by atoms with Gasteiger partial charge in [-0.15, -0.1) is 0 Å². The highest BCUT2D eigenvalue weighted by molar-refractivity contribution is 5.83. The van der Waals surface area contributed by atoms with Crippen molar-refractivity contribution in [1.29, 1.82) is 0 Å². The Morgan fingerprint density at radius 3 is 2.45 bits per heavy atom. The molecule has 0 heterocycles. The molecule has 1 rings (SSSR count). The molecule has 0 fully saturated rings. The van der Waals surface area contributed by atoms with Crippen molar-refractivity contribution in [2.75, 3.05) is 13.1 Å². The Morgan fingerprint density at radius 2 is 1.77 bits per heavy atom. The SMILES string of the molecule is NC(N)=NCCCCC(NC(=O)CCCCCNC(=O)OCc1ccccc1)C(=O)O. The van der Waals surface area contributed by atoms with E-state index >= 15 is 0 Å². The van der Waals surface area contributed by atoms with Crippen molar-refractivity contribution in [3.63, 3.8) is 0 Å². The van der Waals surface area contributed by atoms with Crippen LogP contribution in [0.25, 0.3) is 0 Å². The second kappa shape index (κ2) is 15.5. The molecular weight excluding hydrogens is 402 g/mol. The van der Waals surface area contributed by atoms with E-state index in [-0.39, 0.29) is 24.9 Å². The van der Waals surface area contributed by atoms with Crippen molar-refractivity contribution in [1.82, 2.24) is 10.6 Å². The van der Waals surface area contributed by atoms with Gasteiger partial charge in [-0.25, -0.2) is 9.59 Å². The number of nitrogens with zero attached hydrogens (tertiary/aromatic N) is 1. The minimum atomic E-state index is -1.06. The van der Waals surface area contributed by atoms with Crippen molar-refractivity contribution in [2.45, 2.75) is 57.6 Å². The van der Waals surface area contributed by atoms with Gasteiger partial charge in [0.25, 0.3) is 0 Å².